The van der Waals surface area contributed by atoms with Gasteiger partial charge in [-0.15, -0.1) is 11.3 Å². The van der Waals surface area contributed by atoms with E-state index in [9.17, 15) is 14.7 Å². The molecule has 7 heteroatoms. The van der Waals surface area contributed by atoms with Crippen LogP contribution >= 0.6 is 22.9 Å². The SMILES string of the molecule is O=C(N[C@H](Cc1ccc(Cl)s1)C(=O)O)OCC1c2ccccc2-c2ccccc21. The Labute approximate surface area is 176 Å². The number of fused-ring (bicyclic) bond motifs is 3. The monoisotopic (exact) mass is 427 g/mol. The number of halogens is 1. The lowest BCUT2D eigenvalue weighted by Gasteiger charge is -2.17. The van der Waals surface area contributed by atoms with Crippen LogP contribution < -0.4 is 5.32 Å². The van der Waals surface area contributed by atoms with E-state index in [0.717, 1.165) is 27.1 Å². The highest BCUT2D eigenvalue weighted by Crippen LogP contribution is 2.44. The average Bonchev–Trinajstić information content (AvgIpc) is 3.27. The van der Waals surface area contributed by atoms with Gasteiger partial charge >= 0.3 is 12.1 Å². The largest absolute Gasteiger partial charge is 0.480 e. The van der Waals surface area contributed by atoms with Gasteiger partial charge in [0.25, 0.3) is 0 Å². The fraction of sp³-hybridized carbons (Fsp3) is 0.182. The van der Waals surface area contributed by atoms with Gasteiger partial charge in [-0.05, 0) is 34.4 Å². The van der Waals surface area contributed by atoms with E-state index in [1.807, 2.05) is 36.4 Å². The van der Waals surface area contributed by atoms with Gasteiger partial charge in [-0.1, -0.05) is 60.1 Å². The van der Waals surface area contributed by atoms with Crippen molar-refractivity contribution in [2.45, 2.75) is 18.4 Å². The molecule has 4 rings (SSSR count). The first-order valence-electron chi connectivity index (χ1n) is 9.11. The molecule has 0 spiro atoms. The molecule has 5 nitrogen and oxygen atoms in total. The minimum atomic E-state index is -1.12. The molecule has 1 aromatic heterocycles. The van der Waals surface area contributed by atoms with E-state index < -0.39 is 18.1 Å². The molecule has 148 valence electrons. The van der Waals surface area contributed by atoms with Gasteiger partial charge in [0.05, 0.1) is 4.34 Å². The third-order valence-electron chi connectivity index (χ3n) is 4.97. The number of hydrogen-bond acceptors (Lipinski definition) is 4. The van der Waals surface area contributed by atoms with Gasteiger partial charge in [-0.3, -0.25) is 0 Å². The molecular weight excluding hydrogens is 410 g/mol. The molecule has 0 fully saturated rings. The molecule has 2 N–H and O–H groups in total. The molecule has 0 aliphatic heterocycles. The van der Waals surface area contributed by atoms with Crippen LogP contribution in [0.2, 0.25) is 4.34 Å². The molecule has 0 saturated heterocycles. The number of aliphatic carboxylic acids is 1. The van der Waals surface area contributed by atoms with E-state index in [1.165, 1.54) is 11.3 Å². The maximum Gasteiger partial charge on any atom is 0.407 e. The Balaban J connectivity index is 1.43. The average molecular weight is 428 g/mol. The second-order valence-electron chi connectivity index (χ2n) is 6.77. The fourth-order valence-electron chi connectivity index (χ4n) is 3.65. The second-order valence-corrected chi connectivity index (χ2v) is 8.57. The van der Waals surface area contributed by atoms with E-state index in [0.29, 0.717) is 4.34 Å². The first-order chi connectivity index (χ1) is 14.0. The third kappa shape index (κ3) is 4.13. The Morgan fingerprint density at radius 3 is 2.21 bits per heavy atom. The van der Waals surface area contributed by atoms with Crippen molar-refractivity contribution < 1.29 is 19.4 Å². The van der Waals surface area contributed by atoms with Crippen molar-refractivity contribution in [1.29, 1.82) is 0 Å². The molecule has 1 atom stereocenters. The summed E-state index contributed by atoms with van der Waals surface area (Å²) in [5, 5.41) is 11.9. The minimum Gasteiger partial charge on any atom is -0.480 e. The van der Waals surface area contributed by atoms with Gasteiger partial charge < -0.3 is 15.2 Å². The van der Waals surface area contributed by atoms with Crippen molar-refractivity contribution in [3.05, 3.63) is 81.0 Å². The van der Waals surface area contributed by atoms with Gasteiger partial charge in [0, 0.05) is 17.2 Å². The van der Waals surface area contributed by atoms with Crippen molar-refractivity contribution in [3.63, 3.8) is 0 Å². The van der Waals surface area contributed by atoms with Crippen LogP contribution in [0.25, 0.3) is 11.1 Å². The maximum atomic E-state index is 12.3. The minimum absolute atomic E-state index is 0.0764. The molecule has 1 aliphatic rings. The van der Waals surface area contributed by atoms with E-state index in [2.05, 4.69) is 17.4 Å². The van der Waals surface area contributed by atoms with Crippen LogP contribution in [-0.2, 0) is 16.0 Å². The number of hydrogen-bond donors (Lipinski definition) is 2. The highest BCUT2D eigenvalue weighted by molar-refractivity contribution is 7.16. The van der Waals surface area contributed by atoms with Crippen molar-refractivity contribution in [2.24, 2.45) is 0 Å². The van der Waals surface area contributed by atoms with E-state index in [-0.39, 0.29) is 18.9 Å². The number of alkyl carbamates (subject to hydrolysis) is 1. The van der Waals surface area contributed by atoms with Crippen LogP contribution in [-0.4, -0.2) is 29.8 Å². The van der Waals surface area contributed by atoms with Crippen LogP contribution in [0.15, 0.2) is 60.7 Å². The third-order valence-corrected chi connectivity index (χ3v) is 6.22. The zero-order valence-corrected chi connectivity index (χ0v) is 16.9. The van der Waals surface area contributed by atoms with Crippen molar-refractivity contribution in [3.8, 4) is 11.1 Å². The van der Waals surface area contributed by atoms with E-state index in [4.69, 9.17) is 16.3 Å². The molecule has 1 heterocycles. The number of benzene rings is 2. The van der Waals surface area contributed by atoms with E-state index in [1.54, 1.807) is 12.1 Å². The quantitative estimate of drug-likeness (QED) is 0.584. The number of nitrogens with one attached hydrogen (secondary N) is 1. The number of rotatable bonds is 6. The Morgan fingerprint density at radius 2 is 1.66 bits per heavy atom. The molecule has 1 aliphatic carbocycles. The van der Waals surface area contributed by atoms with Crippen LogP contribution in [0.5, 0.6) is 0 Å². The number of carbonyl (C=O) groups excluding carboxylic acids is 1. The Kier molecular flexibility index (Phi) is 5.56. The van der Waals surface area contributed by atoms with Crippen LogP contribution in [0, 0.1) is 0 Å². The van der Waals surface area contributed by atoms with Crippen LogP contribution in [0.4, 0.5) is 4.79 Å². The van der Waals surface area contributed by atoms with Gasteiger partial charge in [0.15, 0.2) is 0 Å². The smallest absolute Gasteiger partial charge is 0.407 e. The van der Waals surface area contributed by atoms with Crippen LogP contribution in [0.1, 0.15) is 21.9 Å². The first-order valence-corrected chi connectivity index (χ1v) is 10.3. The summed E-state index contributed by atoms with van der Waals surface area (Å²) in [5.41, 5.74) is 4.47. The lowest BCUT2D eigenvalue weighted by atomic mass is 9.98. The molecule has 3 aromatic rings. The summed E-state index contributed by atoms with van der Waals surface area (Å²) in [7, 11) is 0. The number of carboxylic acid groups (broad SMARTS) is 1. The van der Waals surface area contributed by atoms with Crippen molar-refractivity contribution in [2.75, 3.05) is 6.61 Å². The Bertz CT molecular complexity index is 1020. The molecule has 1 amide bonds. The zero-order valence-electron chi connectivity index (χ0n) is 15.3. The molecule has 0 bridgehead atoms. The zero-order chi connectivity index (χ0) is 20.4. The summed E-state index contributed by atoms with van der Waals surface area (Å²) in [5.74, 6) is -1.20. The number of amides is 1. The predicted octanol–water partition coefficient (Wildman–Crippen LogP) is 4.94. The van der Waals surface area contributed by atoms with Crippen molar-refractivity contribution >= 4 is 35.0 Å². The Morgan fingerprint density at radius 1 is 1.03 bits per heavy atom. The topological polar surface area (TPSA) is 75.6 Å². The number of thiophene rings is 1. The second kappa shape index (κ2) is 8.27. The molecule has 2 aromatic carbocycles. The van der Waals surface area contributed by atoms with Crippen molar-refractivity contribution in [1.82, 2.24) is 5.32 Å². The number of carboxylic acids is 1. The summed E-state index contributed by atoms with van der Waals surface area (Å²) >= 11 is 7.18. The normalized spacial score (nSPS) is 13.4. The summed E-state index contributed by atoms with van der Waals surface area (Å²) in [6, 6.07) is 18.4. The first kappa shape index (κ1) is 19.5. The summed E-state index contributed by atoms with van der Waals surface area (Å²) in [6.07, 6.45) is -0.599. The number of carbonyl (C=O) groups is 2. The highest BCUT2D eigenvalue weighted by atomic mass is 35.5. The Hall–Kier alpha value is -2.83. The summed E-state index contributed by atoms with van der Waals surface area (Å²) in [6.45, 7) is 0.136. The fourth-order valence-corrected chi connectivity index (χ4v) is 4.78. The molecular formula is C22H18ClNO4S. The maximum absolute atomic E-state index is 12.3. The molecule has 0 saturated carbocycles. The standard InChI is InChI=1S/C22H18ClNO4S/c23-20-10-9-13(29-20)11-19(21(25)26)24-22(27)28-12-18-16-7-3-1-5-14(16)15-6-2-4-8-17(15)18/h1-10,18-19H,11-12H2,(H,24,27)(H,25,26)/t19-/m1/s1. The van der Waals surface area contributed by atoms with E-state index >= 15 is 0 Å². The summed E-state index contributed by atoms with van der Waals surface area (Å²) < 4.78 is 6.00. The molecule has 0 unspecified atom stereocenters. The van der Waals surface area contributed by atoms with Crippen LogP contribution in [0.3, 0.4) is 0 Å². The van der Waals surface area contributed by atoms with Gasteiger partial charge in [0.1, 0.15) is 12.6 Å². The predicted molar refractivity (Wildman–Crippen MR) is 113 cm³/mol. The summed E-state index contributed by atoms with van der Waals surface area (Å²) in [4.78, 5) is 24.6. The lowest BCUT2D eigenvalue weighted by molar-refractivity contribution is -0.139. The molecule has 29 heavy (non-hydrogen) atoms. The van der Waals surface area contributed by atoms with Gasteiger partial charge in [-0.2, -0.15) is 0 Å². The lowest BCUT2D eigenvalue weighted by Crippen LogP contribution is -2.42. The van der Waals surface area contributed by atoms with Gasteiger partial charge in [-0.25, -0.2) is 9.59 Å². The molecule has 0 radical (unpaired) electrons. The highest BCUT2D eigenvalue weighted by Gasteiger charge is 2.29. The van der Waals surface area contributed by atoms with Gasteiger partial charge in [0.2, 0.25) is 0 Å². The number of ether oxygens (including phenoxy) is 1.